The number of aliphatic carboxylic acids is 3. The molecule has 3 unspecified atom stereocenters. The number of amides is 7. The molecule has 0 aliphatic carbocycles. The quantitative estimate of drug-likeness (QED) is 0.0215. The van der Waals surface area contributed by atoms with Gasteiger partial charge >= 0.3 is 17.9 Å². The van der Waals surface area contributed by atoms with Crippen molar-refractivity contribution in [2.75, 3.05) is 84.0 Å². The molecular weight excluding hydrogens is 933 g/mol. The van der Waals surface area contributed by atoms with Gasteiger partial charge in [-0.3, -0.25) is 33.6 Å². The lowest BCUT2D eigenvalue weighted by atomic mass is 10.1. The number of hydrogen-bond donors (Lipinski definition) is 11. The minimum absolute atomic E-state index is 0.00790. The van der Waals surface area contributed by atoms with Crippen LogP contribution in [0, 0.1) is 0 Å². The summed E-state index contributed by atoms with van der Waals surface area (Å²) in [6, 6.07) is 2.29. The minimum atomic E-state index is -1.48. The summed E-state index contributed by atoms with van der Waals surface area (Å²) >= 11 is 1.26. The summed E-state index contributed by atoms with van der Waals surface area (Å²) in [5, 5.41) is 43.3. The van der Waals surface area contributed by atoms with Crippen LogP contribution in [-0.4, -0.2) is 171 Å². The molecule has 0 saturated carbocycles. The largest absolute Gasteiger partial charge is 0.480 e. The van der Waals surface area contributed by atoms with Gasteiger partial charge < -0.3 is 76.6 Å². The van der Waals surface area contributed by atoms with E-state index in [1.165, 1.54) is 11.9 Å². The fraction of sp³-hybridized carbons (Fsp3) is 0.628. The third kappa shape index (κ3) is 32.3. The van der Waals surface area contributed by atoms with Gasteiger partial charge in [0.15, 0.2) is 0 Å². The number of benzene rings is 1. The number of hydrogen-bond acceptors (Lipinski definition) is 16. The number of nitrogens with one attached hydrogen (secondary N) is 7. The molecule has 69 heavy (non-hydrogen) atoms. The topological polar surface area (TPSA) is 379 Å². The monoisotopic (exact) mass is 1000 g/mol. The lowest BCUT2D eigenvalue weighted by Gasteiger charge is -2.17. The molecule has 0 bridgehead atoms. The molecule has 0 aromatic heterocycles. The first-order valence-corrected chi connectivity index (χ1v) is 23.5. The summed E-state index contributed by atoms with van der Waals surface area (Å²) in [5.41, 5.74) is 6.59. The van der Waals surface area contributed by atoms with Crippen LogP contribution in [-0.2, 0) is 62.1 Å². The highest BCUT2D eigenvalue weighted by Gasteiger charge is 2.25. The van der Waals surface area contributed by atoms with Crippen molar-refractivity contribution < 1.29 is 82.2 Å². The van der Waals surface area contributed by atoms with Crippen molar-refractivity contribution in [3.63, 3.8) is 0 Å². The number of carbonyl (C=O) groups is 10. The molecule has 0 saturated heterocycles. The number of carboxylic acids is 3. The third-order valence-electron chi connectivity index (χ3n) is 9.26. The van der Waals surface area contributed by atoms with E-state index in [0.717, 1.165) is 6.42 Å². The number of carboxylic acid groups (broad SMARTS) is 3. The Bertz CT molecular complexity index is 1780. The Hall–Kier alpha value is -6.09. The second-order valence-electron chi connectivity index (χ2n) is 15.1. The Labute approximate surface area is 404 Å². The van der Waals surface area contributed by atoms with Gasteiger partial charge in [0, 0.05) is 62.3 Å². The fourth-order valence-corrected chi connectivity index (χ4v) is 6.31. The molecule has 7 amide bonds. The van der Waals surface area contributed by atoms with Crippen molar-refractivity contribution in [1.82, 2.24) is 36.6 Å². The van der Waals surface area contributed by atoms with E-state index in [2.05, 4.69) is 36.6 Å². The zero-order valence-corrected chi connectivity index (χ0v) is 39.7. The van der Waals surface area contributed by atoms with E-state index < -0.39 is 79.3 Å². The summed E-state index contributed by atoms with van der Waals surface area (Å²) < 4.78 is 23.8. The molecule has 0 heterocycles. The molecular formula is C43H68N8O17S. The van der Waals surface area contributed by atoms with Gasteiger partial charge in [0.25, 0.3) is 5.91 Å². The molecule has 1 aromatic carbocycles. The van der Waals surface area contributed by atoms with E-state index in [0.29, 0.717) is 55.7 Å². The second-order valence-corrected chi connectivity index (χ2v) is 16.0. The Morgan fingerprint density at radius 2 is 1.00 bits per heavy atom. The maximum atomic E-state index is 12.5. The standard InChI is InChI=1S/C43H68N8O17S/c1-2-6-37(55)51-69-26-5-8-34(52)45-18-20-65-22-25-68-28-39(57)50-33(43(63)64)14-16-36(54)48-32(42(61)62)13-15-35(53)46-19-21-66-23-24-67-27-38(56)49-31(41(59)60)7-3-4-17-47-40(58)29-9-11-30(44)12-10-29/h9-12,31-33H,2-8,13-28,44H2,1H3,(H,45,52)(H,46,53)(H,47,58)(H,48,54)(H,49,56)(H,50,57)(H,51,55)(H,59,60)(H,61,62)(H,63,64). The maximum Gasteiger partial charge on any atom is 0.326 e. The van der Waals surface area contributed by atoms with E-state index in [1.807, 2.05) is 6.92 Å². The minimum Gasteiger partial charge on any atom is -0.480 e. The molecule has 3 atom stereocenters. The number of unbranched alkanes of at least 4 members (excludes halogenated alkanes) is 1. The van der Waals surface area contributed by atoms with Crippen molar-refractivity contribution in [1.29, 1.82) is 0 Å². The Kier molecular flexibility index (Phi) is 33.4. The Balaban J connectivity index is 2.17. The first-order valence-electron chi connectivity index (χ1n) is 22.5. The highest BCUT2D eigenvalue weighted by atomic mass is 32.2. The van der Waals surface area contributed by atoms with Gasteiger partial charge in [0.2, 0.25) is 35.4 Å². The van der Waals surface area contributed by atoms with E-state index in [-0.39, 0.29) is 96.1 Å². The zero-order valence-electron chi connectivity index (χ0n) is 38.8. The smallest absolute Gasteiger partial charge is 0.326 e. The van der Waals surface area contributed by atoms with Crippen LogP contribution in [0.3, 0.4) is 0 Å². The number of rotatable bonds is 41. The third-order valence-corrected chi connectivity index (χ3v) is 10.1. The molecule has 0 aliphatic heterocycles. The zero-order chi connectivity index (χ0) is 51.2. The number of anilines is 1. The van der Waals surface area contributed by atoms with Crippen LogP contribution < -0.4 is 42.4 Å². The highest BCUT2D eigenvalue weighted by Crippen LogP contribution is 2.07. The summed E-state index contributed by atoms with van der Waals surface area (Å²) in [6.45, 7) is 1.91. The molecule has 1 rings (SSSR count). The van der Waals surface area contributed by atoms with Gasteiger partial charge in [-0.2, -0.15) is 0 Å². The maximum absolute atomic E-state index is 12.5. The normalized spacial score (nSPS) is 12.1. The predicted octanol–water partition coefficient (Wildman–Crippen LogP) is -0.919. The van der Waals surface area contributed by atoms with Crippen LogP contribution in [0.2, 0.25) is 0 Å². The molecule has 1 aromatic rings. The first-order chi connectivity index (χ1) is 33.0. The van der Waals surface area contributed by atoms with Gasteiger partial charge in [-0.05, 0) is 69.2 Å². The Morgan fingerprint density at radius 1 is 0.522 bits per heavy atom. The first kappa shape index (κ1) is 60.9. The number of nitrogen functional groups attached to an aromatic ring is 1. The van der Waals surface area contributed by atoms with E-state index in [4.69, 9.17) is 24.7 Å². The van der Waals surface area contributed by atoms with Crippen molar-refractivity contribution in [2.24, 2.45) is 0 Å². The summed E-state index contributed by atoms with van der Waals surface area (Å²) in [6.07, 6.45) is 1.72. The molecule has 388 valence electrons. The lowest BCUT2D eigenvalue weighted by molar-refractivity contribution is -0.144. The van der Waals surface area contributed by atoms with Crippen LogP contribution in [0.25, 0.3) is 0 Å². The number of nitrogens with two attached hydrogens (primary N) is 1. The van der Waals surface area contributed by atoms with E-state index in [1.54, 1.807) is 24.3 Å². The van der Waals surface area contributed by atoms with Gasteiger partial charge in [-0.25, -0.2) is 14.4 Å². The molecule has 0 radical (unpaired) electrons. The molecule has 25 nitrogen and oxygen atoms in total. The number of ether oxygens (including phenoxy) is 4. The van der Waals surface area contributed by atoms with Gasteiger partial charge in [0.1, 0.15) is 31.3 Å². The van der Waals surface area contributed by atoms with Crippen molar-refractivity contribution in [2.45, 2.75) is 95.7 Å². The van der Waals surface area contributed by atoms with Crippen LogP contribution in [0.15, 0.2) is 24.3 Å². The number of carbonyl (C=O) groups excluding carboxylic acids is 7. The SMILES string of the molecule is CCCC(=O)NSCCCC(=O)NCCOCCOCC(=O)NC(CCC(=O)NC(CCC(=O)NCCOCCOCC(=O)NC(CCCCNC(=O)c1ccc(N)cc1)C(=O)O)C(=O)O)C(=O)O. The van der Waals surface area contributed by atoms with Crippen molar-refractivity contribution in [3.8, 4) is 0 Å². The van der Waals surface area contributed by atoms with Crippen molar-refractivity contribution >= 4 is 76.9 Å². The van der Waals surface area contributed by atoms with Crippen molar-refractivity contribution in [3.05, 3.63) is 29.8 Å². The van der Waals surface area contributed by atoms with Gasteiger partial charge in [-0.15, -0.1) is 0 Å². The van der Waals surface area contributed by atoms with Gasteiger partial charge in [-0.1, -0.05) is 18.9 Å². The van der Waals surface area contributed by atoms with Gasteiger partial charge in [0.05, 0.1) is 39.6 Å². The second kappa shape index (κ2) is 37.8. The predicted molar refractivity (Wildman–Crippen MR) is 248 cm³/mol. The Morgan fingerprint density at radius 3 is 1.52 bits per heavy atom. The summed E-state index contributed by atoms with van der Waals surface area (Å²) in [5.74, 6) is -6.76. The molecule has 0 aliphatic rings. The summed E-state index contributed by atoms with van der Waals surface area (Å²) in [4.78, 5) is 120. The molecule has 26 heteroatoms. The lowest BCUT2D eigenvalue weighted by Crippen LogP contribution is -2.45. The average Bonchev–Trinajstić information content (AvgIpc) is 3.30. The molecule has 12 N–H and O–H groups in total. The van der Waals surface area contributed by atoms with E-state index in [9.17, 15) is 63.3 Å². The van der Waals surface area contributed by atoms with Crippen LogP contribution in [0.1, 0.15) is 87.9 Å². The summed E-state index contributed by atoms with van der Waals surface area (Å²) in [7, 11) is 0. The van der Waals surface area contributed by atoms with Crippen LogP contribution in [0.4, 0.5) is 5.69 Å². The highest BCUT2D eigenvalue weighted by molar-refractivity contribution is 7.97. The molecule has 0 spiro atoms. The van der Waals surface area contributed by atoms with Crippen LogP contribution in [0.5, 0.6) is 0 Å². The molecule has 0 fully saturated rings. The fourth-order valence-electron chi connectivity index (χ4n) is 5.66. The van der Waals surface area contributed by atoms with Crippen LogP contribution >= 0.6 is 11.9 Å². The average molecular weight is 1000 g/mol. The van der Waals surface area contributed by atoms with E-state index >= 15 is 0 Å².